The second kappa shape index (κ2) is 9.18. The van der Waals surface area contributed by atoms with Crippen LogP contribution >= 0.6 is 11.3 Å². The molecule has 1 heterocycles. The van der Waals surface area contributed by atoms with Gasteiger partial charge in [-0.2, -0.15) is 13.2 Å². The highest BCUT2D eigenvalue weighted by Crippen LogP contribution is 2.35. The van der Waals surface area contributed by atoms with Crippen LogP contribution in [0.1, 0.15) is 62.3 Å². The van der Waals surface area contributed by atoms with Gasteiger partial charge in [-0.3, -0.25) is 0 Å². The average Bonchev–Trinajstić information content (AvgIpc) is 2.96. The van der Waals surface area contributed by atoms with Gasteiger partial charge >= 0.3 is 6.18 Å². The molecule has 0 spiro atoms. The summed E-state index contributed by atoms with van der Waals surface area (Å²) in [5.74, 6) is 0. The highest BCUT2D eigenvalue weighted by atomic mass is 32.1. The minimum absolute atomic E-state index is 0.555. The fourth-order valence-corrected chi connectivity index (χ4v) is 3.26. The lowest BCUT2D eigenvalue weighted by Gasteiger charge is -2.07. The van der Waals surface area contributed by atoms with Gasteiger partial charge in [0.25, 0.3) is 0 Å². The first kappa shape index (κ1) is 20.6. The highest BCUT2D eigenvalue weighted by Gasteiger charge is 2.30. The Bertz CT molecular complexity index is 620. The van der Waals surface area contributed by atoms with E-state index >= 15 is 0 Å². The Balaban J connectivity index is 0.00000139. The van der Waals surface area contributed by atoms with E-state index in [-0.39, 0.29) is 0 Å². The molecule has 0 saturated carbocycles. The quantitative estimate of drug-likeness (QED) is 0.671. The molecule has 0 bridgehead atoms. The lowest BCUT2D eigenvalue weighted by Crippen LogP contribution is -2.03. The minimum Gasteiger partial charge on any atom is -0.388 e. The molecular formula is C18H24F3NOS. The third-order valence-corrected chi connectivity index (χ3v) is 4.73. The van der Waals surface area contributed by atoms with Gasteiger partial charge in [0.1, 0.15) is 5.01 Å². The molecule has 0 amide bonds. The number of aryl methyl sites for hydroxylation is 1. The second-order valence-electron chi connectivity index (χ2n) is 5.20. The molecule has 24 heavy (non-hydrogen) atoms. The van der Waals surface area contributed by atoms with Crippen LogP contribution in [0.5, 0.6) is 0 Å². The number of hydrogen-bond acceptors (Lipinski definition) is 3. The highest BCUT2D eigenvalue weighted by molar-refractivity contribution is 7.15. The van der Waals surface area contributed by atoms with Crippen molar-refractivity contribution in [2.45, 2.75) is 59.2 Å². The summed E-state index contributed by atoms with van der Waals surface area (Å²) in [6.07, 6.45) is -2.29. The maximum atomic E-state index is 12.6. The van der Waals surface area contributed by atoms with Crippen LogP contribution in [0.3, 0.4) is 0 Å². The third kappa shape index (κ3) is 5.31. The van der Waals surface area contributed by atoms with Crippen molar-refractivity contribution in [3.05, 3.63) is 40.4 Å². The number of rotatable bonds is 5. The number of halogens is 3. The van der Waals surface area contributed by atoms with E-state index in [4.69, 9.17) is 0 Å². The molecule has 0 aliphatic carbocycles. The lowest BCUT2D eigenvalue weighted by molar-refractivity contribution is -0.137. The third-order valence-electron chi connectivity index (χ3n) is 3.43. The number of aromatic nitrogens is 1. The van der Waals surface area contributed by atoms with Gasteiger partial charge in [-0.25, -0.2) is 4.98 Å². The van der Waals surface area contributed by atoms with Gasteiger partial charge < -0.3 is 5.11 Å². The van der Waals surface area contributed by atoms with Crippen molar-refractivity contribution in [3.8, 4) is 10.6 Å². The monoisotopic (exact) mass is 359 g/mol. The largest absolute Gasteiger partial charge is 0.416 e. The molecule has 0 saturated heterocycles. The second-order valence-corrected chi connectivity index (χ2v) is 6.23. The fraction of sp³-hybridized carbons (Fsp3) is 0.500. The maximum absolute atomic E-state index is 12.6. The van der Waals surface area contributed by atoms with E-state index in [9.17, 15) is 18.3 Å². The van der Waals surface area contributed by atoms with Crippen molar-refractivity contribution >= 4 is 11.3 Å². The summed E-state index contributed by atoms with van der Waals surface area (Å²) >= 11 is 1.34. The number of unbranched alkanes of at least 4 members (excludes halogenated alkanes) is 1. The predicted octanol–water partition coefficient (Wildman–Crippen LogP) is 6.39. The molecule has 0 fully saturated rings. The Hall–Kier alpha value is -1.40. The molecule has 6 heteroatoms. The van der Waals surface area contributed by atoms with E-state index < -0.39 is 17.8 Å². The van der Waals surface area contributed by atoms with Crippen molar-refractivity contribution in [2.24, 2.45) is 0 Å². The van der Waals surface area contributed by atoms with Crippen molar-refractivity contribution in [1.29, 1.82) is 0 Å². The Labute approximate surface area is 145 Å². The maximum Gasteiger partial charge on any atom is 0.416 e. The van der Waals surface area contributed by atoms with Crippen LogP contribution in [0.25, 0.3) is 10.6 Å². The Morgan fingerprint density at radius 2 is 1.75 bits per heavy atom. The summed E-state index contributed by atoms with van der Waals surface area (Å²) in [7, 11) is 0. The molecule has 2 aromatic rings. The van der Waals surface area contributed by atoms with E-state index in [1.165, 1.54) is 23.5 Å². The molecule has 0 radical (unpaired) electrons. The zero-order chi connectivity index (χ0) is 18.3. The molecule has 1 unspecified atom stereocenters. The minimum atomic E-state index is -4.33. The van der Waals surface area contributed by atoms with Gasteiger partial charge in [0.2, 0.25) is 0 Å². The molecule has 1 N–H and O–H groups in total. The van der Waals surface area contributed by atoms with Gasteiger partial charge in [0, 0.05) is 5.56 Å². The molecule has 134 valence electrons. The van der Waals surface area contributed by atoms with Crippen molar-refractivity contribution in [1.82, 2.24) is 4.98 Å². The topological polar surface area (TPSA) is 33.1 Å². The zero-order valence-electron chi connectivity index (χ0n) is 14.4. The van der Waals surface area contributed by atoms with Crippen molar-refractivity contribution in [2.75, 3.05) is 0 Å². The van der Waals surface area contributed by atoms with Crippen LogP contribution in [0.15, 0.2) is 24.3 Å². The van der Waals surface area contributed by atoms with Gasteiger partial charge in [0.05, 0.1) is 22.2 Å². The van der Waals surface area contributed by atoms with E-state index in [0.717, 1.165) is 35.5 Å². The number of aliphatic hydroxyl groups is 1. The van der Waals surface area contributed by atoms with Gasteiger partial charge in [-0.05, 0) is 25.5 Å². The Morgan fingerprint density at radius 1 is 1.17 bits per heavy atom. The molecular weight excluding hydrogens is 335 g/mol. The summed E-state index contributed by atoms with van der Waals surface area (Å²) in [5.41, 5.74) is 0.700. The normalized spacial score (nSPS) is 12.5. The summed E-state index contributed by atoms with van der Waals surface area (Å²) in [6.45, 7) is 7.87. The standard InChI is InChI=1S/C16H18F3NOS.C2H6/c1-3-4-5-13(21)14-10(2)20-15(22-14)11-6-8-12(9-7-11)16(17,18)19;1-2/h6-9,13,21H,3-5H2,1-2H3;1-2H3. The van der Waals surface area contributed by atoms with E-state index in [2.05, 4.69) is 11.9 Å². The SMILES string of the molecule is CC.CCCCC(O)c1sc(-c2ccc(C(F)(F)F)cc2)nc1C. The number of aliphatic hydroxyl groups excluding tert-OH is 1. The van der Waals surface area contributed by atoms with Crippen LogP contribution in [-0.2, 0) is 6.18 Å². The van der Waals surface area contributed by atoms with Gasteiger partial charge in [0.15, 0.2) is 0 Å². The van der Waals surface area contributed by atoms with Crippen molar-refractivity contribution < 1.29 is 18.3 Å². The van der Waals surface area contributed by atoms with Gasteiger partial charge in [-0.1, -0.05) is 45.7 Å². The Kier molecular flexibility index (Phi) is 7.90. The van der Waals surface area contributed by atoms with Crippen LogP contribution in [0.2, 0.25) is 0 Å². The lowest BCUT2D eigenvalue weighted by atomic mass is 10.1. The van der Waals surface area contributed by atoms with E-state index in [1.807, 2.05) is 20.8 Å². The summed E-state index contributed by atoms with van der Waals surface area (Å²) in [4.78, 5) is 5.17. The van der Waals surface area contributed by atoms with Crippen LogP contribution in [0.4, 0.5) is 13.2 Å². The predicted molar refractivity (Wildman–Crippen MR) is 93.1 cm³/mol. The first-order chi connectivity index (χ1) is 11.3. The van der Waals surface area contributed by atoms with Crippen molar-refractivity contribution in [3.63, 3.8) is 0 Å². The first-order valence-corrected chi connectivity index (χ1v) is 8.97. The molecule has 0 aliphatic heterocycles. The van der Waals surface area contributed by atoms with E-state index in [0.29, 0.717) is 17.0 Å². The number of thiazole rings is 1. The first-order valence-electron chi connectivity index (χ1n) is 8.16. The number of nitrogens with zero attached hydrogens (tertiary/aromatic N) is 1. The van der Waals surface area contributed by atoms with Crippen LogP contribution < -0.4 is 0 Å². The molecule has 1 aromatic carbocycles. The summed E-state index contributed by atoms with van der Waals surface area (Å²) in [5, 5.41) is 10.8. The fourth-order valence-electron chi connectivity index (χ4n) is 2.17. The van der Waals surface area contributed by atoms with Gasteiger partial charge in [-0.15, -0.1) is 11.3 Å². The number of benzene rings is 1. The molecule has 1 atom stereocenters. The Morgan fingerprint density at radius 3 is 2.25 bits per heavy atom. The van der Waals surface area contributed by atoms with Crippen LogP contribution in [0, 0.1) is 6.92 Å². The number of hydrogen-bond donors (Lipinski definition) is 1. The smallest absolute Gasteiger partial charge is 0.388 e. The molecule has 1 aromatic heterocycles. The summed E-state index contributed by atoms with van der Waals surface area (Å²) in [6, 6.07) is 4.95. The molecule has 0 aliphatic rings. The van der Waals surface area contributed by atoms with E-state index in [1.54, 1.807) is 0 Å². The zero-order valence-corrected chi connectivity index (χ0v) is 15.3. The number of alkyl halides is 3. The average molecular weight is 359 g/mol. The molecule has 2 rings (SSSR count). The summed E-state index contributed by atoms with van der Waals surface area (Å²) < 4.78 is 37.7. The van der Waals surface area contributed by atoms with Crippen LogP contribution in [-0.4, -0.2) is 10.1 Å². The molecule has 2 nitrogen and oxygen atoms in total.